The zero-order valence-corrected chi connectivity index (χ0v) is 17.3. The highest BCUT2D eigenvalue weighted by Gasteiger charge is 2.23. The Bertz CT molecular complexity index is 843. The predicted octanol–water partition coefficient (Wildman–Crippen LogP) is 3.79. The van der Waals surface area contributed by atoms with Crippen molar-refractivity contribution in [2.75, 3.05) is 46.4 Å². The van der Waals surface area contributed by atoms with Crippen LogP contribution in [-0.2, 0) is 0 Å². The molecule has 30 heavy (non-hydrogen) atoms. The number of ether oxygens (including phenoxy) is 3. The molecule has 1 aliphatic rings. The fraction of sp³-hybridized carbons (Fsp3) is 0.381. The van der Waals surface area contributed by atoms with Crippen molar-refractivity contribution in [1.29, 1.82) is 0 Å². The van der Waals surface area contributed by atoms with Gasteiger partial charge < -0.3 is 19.1 Å². The molecule has 162 valence electrons. The van der Waals surface area contributed by atoms with Crippen LogP contribution in [0.4, 0.5) is 8.78 Å². The van der Waals surface area contributed by atoms with Crippen molar-refractivity contribution in [3.8, 4) is 17.2 Å². The third-order valence-corrected chi connectivity index (χ3v) is 5.03. The smallest absolute Gasteiger partial charge is 0.387 e. The average Bonchev–Trinajstić information content (AvgIpc) is 2.75. The number of amides is 1. The van der Waals surface area contributed by atoms with Crippen molar-refractivity contribution in [2.24, 2.45) is 0 Å². The molecule has 0 saturated carbocycles. The fourth-order valence-corrected chi connectivity index (χ4v) is 3.30. The van der Waals surface area contributed by atoms with Crippen LogP contribution in [0.3, 0.4) is 0 Å². The molecule has 1 heterocycles. The molecule has 6 nitrogen and oxygen atoms in total. The number of halogens is 3. The number of hydrogen-bond acceptors (Lipinski definition) is 5. The summed E-state index contributed by atoms with van der Waals surface area (Å²) in [6, 6.07) is 11.4. The standard InChI is InChI=1S/C21H23ClF2N2O4/c1-28-19-14-15(2-7-18(19)30-21(23)24)20(27)26-10-8-25(9-11-26)12-13-29-17-5-3-16(22)4-6-17/h2-7,14,21H,8-13H2,1H3. The van der Waals surface area contributed by atoms with Crippen molar-refractivity contribution in [3.63, 3.8) is 0 Å². The second-order valence-electron chi connectivity index (χ2n) is 6.68. The highest BCUT2D eigenvalue weighted by molar-refractivity contribution is 6.30. The van der Waals surface area contributed by atoms with Crippen LogP contribution in [0.2, 0.25) is 5.02 Å². The van der Waals surface area contributed by atoms with E-state index in [0.29, 0.717) is 30.3 Å². The number of carbonyl (C=O) groups excluding carboxylic acids is 1. The molecule has 0 N–H and O–H groups in total. The van der Waals surface area contributed by atoms with Crippen molar-refractivity contribution in [1.82, 2.24) is 9.80 Å². The lowest BCUT2D eigenvalue weighted by Crippen LogP contribution is -2.49. The maximum atomic E-state index is 12.8. The van der Waals surface area contributed by atoms with Gasteiger partial charge in [0.05, 0.1) is 7.11 Å². The number of piperazine rings is 1. The predicted molar refractivity (Wildman–Crippen MR) is 109 cm³/mol. The zero-order valence-electron chi connectivity index (χ0n) is 16.5. The maximum absolute atomic E-state index is 12.8. The Labute approximate surface area is 178 Å². The van der Waals surface area contributed by atoms with Crippen LogP contribution in [0.25, 0.3) is 0 Å². The second kappa shape index (κ2) is 10.4. The van der Waals surface area contributed by atoms with Crippen LogP contribution in [0.1, 0.15) is 10.4 Å². The molecule has 1 aliphatic heterocycles. The Balaban J connectivity index is 1.48. The van der Waals surface area contributed by atoms with Crippen LogP contribution < -0.4 is 14.2 Å². The van der Waals surface area contributed by atoms with Crippen molar-refractivity contribution in [3.05, 3.63) is 53.1 Å². The van der Waals surface area contributed by atoms with Gasteiger partial charge in [0, 0.05) is 43.3 Å². The quantitative estimate of drug-likeness (QED) is 0.625. The minimum absolute atomic E-state index is 0.0964. The van der Waals surface area contributed by atoms with Crippen LogP contribution in [0.15, 0.2) is 42.5 Å². The van der Waals surface area contributed by atoms with E-state index in [9.17, 15) is 13.6 Å². The Morgan fingerprint density at radius 1 is 1.07 bits per heavy atom. The van der Waals surface area contributed by atoms with Gasteiger partial charge in [-0.15, -0.1) is 0 Å². The first-order chi connectivity index (χ1) is 14.5. The minimum Gasteiger partial charge on any atom is -0.493 e. The second-order valence-corrected chi connectivity index (χ2v) is 7.12. The van der Waals surface area contributed by atoms with Gasteiger partial charge in [-0.2, -0.15) is 8.78 Å². The highest BCUT2D eigenvalue weighted by Crippen LogP contribution is 2.30. The summed E-state index contributed by atoms with van der Waals surface area (Å²) in [5.41, 5.74) is 0.369. The molecule has 1 amide bonds. The van der Waals surface area contributed by atoms with Gasteiger partial charge in [0.15, 0.2) is 11.5 Å². The normalized spacial score (nSPS) is 14.6. The zero-order chi connectivity index (χ0) is 21.5. The molecule has 0 unspecified atom stereocenters. The van der Waals surface area contributed by atoms with Gasteiger partial charge in [-0.1, -0.05) is 11.6 Å². The van der Waals surface area contributed by atoms with E-state index in [2.05, 4.69) is 9.64 Å². The van der Waals surface area contributed by atoms with Crippen LogP contribution in [-0.4, -0.2) is 68.8 Å². The molecule has 0 atom stereocenters. The Kier molecular flexibility index (Phi) is 7.70. The number of methoxy groups -OCH3 is 1. The molecule has 3 rings (SSSR count). The van der Waals surface area contributed by atoms with Crippen LogP contribution >= 0.6 is 11.6 Å². The number of alkyl halides is 2. The Morgan fingerprint density at radius 2 is 1.77 bits per heavy atom. The molecule has 0 radical (unpaired) electrons. The van der Waals surface area contributed by atoms with E-state index >= 15 is 0 Å². The Hall–Kier alpha value is -2.58. The molecular weight excluding hydrogens is 418 g/mol. The third kappa shape index (κ3) is 5.96. The van der Waals surface area contributed by atoms with Crippen LogP contribution in [0.5, 0.6) is 17.2 Å². The summed E-state index contributed by atoms with van der Waals surface area (Å²) in [7, 11) is 1.34. The fourth-order valence-electron chi connectivity index (χ4n) is 3.17. The van der Waals surface area contributed by atoms with E-state index in [-0.39, 0.29) is 17.4 Å². The van der Waals surface area contributed by atoms with E-state index < -0.39 is 6.61 Å². The monoisotopic (exact) mass is 440 g/mol. The van der Waals surface area contributed by atoms with Crippen LogP contribution in [0, 0.1) is 0 Å². The largest absolute Gasteiger partial charge is 0.493 e. The molecule has 0 aliphatic carbocycles. The topological polar surface area (TPSA) is 51.2 Å². The van der Waals surface area contributed by atoms with Gasteiger partial charge in [0.2, 0.25) is 0 Å². The lowest BCUT2D eigenvalue weighted by Gasteiger charge is -2.34. The highest BCUT2D eigenvalue weighted by atomic mass is 35.5. The van der Waals surface area contributed by atoms with E-state index in [4.69, 9.17) is 21.1 Å². The molecule has 0 spiro atoms. The van der Waals surface area contributed by atoms with E-state index in [1.54, 1.807) is 17.0 Å². The number of carbonyl (C=O) groups is 1. The maximum Gasteiger partial charge on any atom is 0.387 e. The summed E-state index contributed by atoms with van der Waals surface area (Å²) in [6.07, 6.45) is 0. The first kappa shape index (κ1) is 22.1. The summed E-state index contributed by atoms with van der Waals surface area (Å²) < 4.78 is 40.1. The first-order valence-corrected chi connectivity index (χ1v) is 9.87. The number of rotatable bonds is 8. The van der Waals surface area contributed by atoms with E-state index in [0.717, 1.165) is 25.4 Å². The number of hydrogen-bond donors (Lipinski definition) is 0. The molecule has 0 bridgehead atoms. The van der Waals surface area contributed by atoms with Gasteiger partial charge in [0.1, 0.15) is 12.4 Å². The van der Waals surface area contributed by atoms with Gasteiger partial charge in [-0.05, 0) is 42.5 Å². The van der Waals surface area contributed by atoms with Gasteiger partial charge in [-0.25, -0.2) is 0 Å². The molecule has 2 aromatic carbocycles. The van der Waals surface area contributed by atoms with Gasteiger partial charge in [-0.3, -0.25) is 9.69 Å². The van der Waals surface area contributed by atoms with Crippen molar-refractivity contribution < 1.29 is 27.8 Å². The molecule has 9 heteroatoms. The summed E-state index contributed by atoms with van der Waals surface area (Å²) in [4.78, 5) is 16.7. The third-order valence-electron chi connectivity index (χ3n) is 4.78. The molecular formula is C21H23ClF2N2O4. The Morgan fingerprint density at radius 3 is 2.40 bits per heavy atom. The van der Waals surface area contributed by atoms with Crippen molar-refractivity contribution in [2.45, 2.75) is 6.61 Å². The summed E-state index contributed by atoms with van der Waals surface area (Å²) in [6.45, 7) is 0.904. The minimum atomic E-state index is -2.96. The lowest BCUT2D eigenvalue weighted by atomic mass is 10.1. The molecule has 1 fully saturated rings. The SMILES string of the molecule is COc1cc(C(=O)N2CCN(CCOc3ccc(Cl)cc3)CC2)ccc1OC(F)F. The number of benzene rings is 2. The molecule has 0 aromatic heterocycles. The number of nitrogens with zero attached hydrogens (tertiary/aromatic N) is 2. The molecule has 1 saturated heterocycles. The lowest BCUT2D eigenvalue weighted by molar-refractivity contribution is -0.0512. The van der Waals surface area contributed by atoms with Gasteiger partial charge >= 0.3 is 6.61 Å². The first-order valence-electron chi connectivity index (χ1n) is 9.49. The van der Waals surface area contributed by atoms with Crippen molar-refractivity contribution >= 4 is 17.5 Å². The van der Waals surface area contributed by atoms with E-state index in [1.165, 1.54) is 25.3 Å². The summed E-state index contributed by atoms with van der Waals surface area (Å²) >= 11 is 5.86. The van der Waals surface area contributed by atoms with Gasteiger partial charge in [0.25, 0.3) is 5.91 Å². The summed E-state index contributed by atoms with van der Waals surface area (Å²) in [5.74, 6) is 0.587. The molecule has 2 aromatic rings. The summed E-state index contributed by atoms with van der Waals surface area (Å²) in [5, 5.41) is 0.664. The average molecular weight is 441 g/mol. The van der Waals surface area contributed by atoms with E-state index in [1.807, 2.05) is 12.1 Å².